The van der Waals surface area contributed by atoms with Crippen LogP contribution < -0.4 is 10.2 Å². The first kappa shape index (κ1) is 16.6. The van der Waals surface area contributed by atoms with E-state index in [0.717, 1.165) is 31.7 Å². The Hall–Kier alpha value is -2.21. The summed E-state index contributed by atoms with van der Waals surface area (Å²) in [5, 5.41) is 2.65. The van der Waals surface area contributed by atoms with Crippen molar-refractivity contribution >= 4 is 29.1 Å². The summed E-state index contributed by atoms with van der Waals surface area (Å²) in [4.78, 5) is 22.7. The van der Waals surface area contributed by atoms with Crippen LogP contribution in [0.25, 0.3) is 0 Å². The molecule has 1 aliphatic rings. The summed E-state index contributed by atoms with van der Waals surface area (Å²) in [7, 11) is 0. The van der Waals surface area contributed by atoms with Gasteiger partial charge in [0.15, 0.2) is 0 Å². The lowest BCUT2D eigenvalue weighted by atomic mass is 9.99. The van der Waals surface area contributed by atoms with E-state index in [1.807, 2.05) is 0 Å². The molecule has 1 amide bonds. The predicted octanol–water partition coefficient (Wildman–Crippen LogP) is 3.76. The van der Waals surface area contributed by atoms with Gasteiger partial charge < -0.3 is 10.2 Å². The van der Waals surface area contributed by atoms with Crippen molar-refractivity contribution in [3.8, 4) is 0 Å². The van der Waals surface area contributed by atoms with Crippen molar-refractivity contribution < 1.29 is 9.18 Å². The Labute approximate surface area is 144 Å². The van der Waals surface area contributed by atoms with E-state index in [1.54, 1.807) is 6.07 Å². The minimum absolute atomic E-state index is 0.0618. The molecule has 2 heterocycles. The van der Waals surface area contributed by atoms with Crippen LogP contribution in [0.4, 0.5) is 16.0 Å². The lowest BCUT2D eigenvalue weighted by molar-refractivity contribution is 0.102. The van der Waals surface area contributed by atoms with Crippen molar-refractivity contribution in [3.05, 3.63) is 47.0 Å². The Bertz CT molecular complexity index is 727. The van der Waals surface area contributed by atoms with Crippen molar-refractivity contribution in [1.29, 1.82) is 0 Å². The maximum absolute atomic E-state index is 13.8. The maximum Gasteiger partial charge on any atom is 0.261 e. The first-order valence-electron chi connectivity index (χ1n) is 7.87. The Morgan fingerprint density at radius 3 is 2.79 bits per heavy atom. The van der Waals surface area contributed by atoms with E-state index in [9.17, 15) is 9.18 Å². The highest BCUT2D eigenvalue weighted by Gasteiger charge is 2.19. The Morgan fingerprint density at radius 2 is 2.08 bits per heavy atom. The molecule has 0 saturated carbocycles. The third-order valence-electron chi connectivity index (χ3n) is 4.19. The van der Waals surface area contributed by atoms with Crippen LogP contribution in [0, 0.1) is 11.7 Å². The quantitative estimate of drug-likeness (QED) is 0.917. The average molecular weight is 349 g/mol. The summed E-state index contributed by atoms with van der Waals surface area (Å²) in [6.45, 7) is 4.08. The molecule has 1 N–H and O–H groups in total. The molecular formula is C17H18ClFN4O. The standard InChI is InChI=1S/C17H18ClFN4O/c1-11-5-7-23(8-6-11)15-9-14(20-10-21-15)22-17(24)16-12(18)3-2-4-13(16)19/h2-4,9-11H,5-8H2,1H3,(H,20,21,22,24). The van der Waals surface area contributed by atoms with Gasteiger partial charge in [-0.3, -0.25) is 4.79 Å². The SMILES string of the molecule is CC1CCN(c2cc(NC(=O)c3c(F)cccc3Cl)ncn2)CC1. The number of benzene rings is 1. The van der Waals surface area contributed by atoms with Gasteiger partial charge in [0.25, 0.3) is 5.91 Å². The number of nitrogens with one attached hydrogen (secondary N) is 1. The molecule has 1 aromatic carbocycles. The molecule has 0 aliphatic carbocycles. The van der Waals surface area contributed by atoms with Gasteiger partial charge in [-0.2, -0.15) is 0 Å². The van der Waals surface area contributed by atoms with Gasteiger partial charge in [-0.05, 0) is 30.9 Å². The minimum Gasteiger partial charge on any atom is -0.356 e. The summed E-state index contributed by atoms with van der Waals surface area (Å²) in [5.41, 5.74) is -0.189. The second-order valence-corrected chi connectivity index (χ2v) is 6.39. The van der Waals surface area contributed by atoms with Crippen LogP contribution in [0.1, 0.15) is 30.1 Å². The third kappa shape index (κ3) is 3.64. The van der Waals surface area contributed by atoms with Crippen LogP contribution in [0.15, 0.2) is 30.6 Å². The molecule has 0 atom stereocenters. The average Bonchev–Trinajstić information content (AvgIpc) is 2.55. The number of rotatable bonds is 3. The van der Waals surface area contributed by atoms with Gasteiger partial charge in [-0.25, -0.2) is 14.4 Å². The number of nitrogens with zero attached hydrogens (tertiary/aromatic N) is 3. The van der Waals surface area contributed by atoms with Gasteiger partial charge in [0.1, 0.15) is 23.8 Å². The van der Waals surface area contributed by atoms with Gasteiger partial charge in [-0.15, -0.1) is 0 Å². The van der Waals surface area contributed by atoms with E-state index in [1.165, 1.54) is 24.5 Å². The molecule has 0 bridgehead atoms. The third-order valence-corrected chi connectivity index (χ3v) is 4.51. The van der Waals surface area contributed by atoms with E-state index in [4.69, 9.17) is 11.6 Å². The van der Waals surface area contributed by atoms with Gasteiger partial charge >= 0.3 is 0 Å². The van der Waals surface area contributed by atoms with Crippen LogP contribution in [-0.2, 0) is 0 Å². The fourth-order valence-corrected chi connectivity index (χ4v) is 2.97. The first-order chi connectivity index (χ1) is 11.5. The molecule has 1 aliphatic heterocycles. The number of piperidine rings is 1. The number of hydrogen-bond acceptors (Lipinski definition) is 4. The Morgan fingerprint density at radius 1 is 1.33 bits per heavy atom. The summed E-state index contributed by atoms with van der Waals surface area (Å²) < 4.78 is 13.8. The zero-order chi connectivity index (χ0) is 17.1. The van der Waals surface area contributed by atoms with Crippen LogP contribution in [0.5, 0.6) is 0 Å². The molecule has 0 unspecified atom stereocenters. The zero-order valence-corrected chi connectivity index (χ0v) is 14.1. The van der Waals surface area contributed by atoms with E-state index in [-0.39, 0.29) is 10.6 Å². The topological polar surface area (TPSA) is 58.1 Å². The van der Waals surface area contributed by atoms with Crippen molar-refractivity contribution in [2.45, 2.75) is 19.8 Å². The zero-order valence-electron chi connectivity index (χ0n) is 13.3. The second kappa shape index (κ2) is 7.13. The lowest BCUT2D eigenvalue weighted by Crippen LogP contribution is -2.33. The fourth-order valence-electron chi connectivity index (χ4n) is 2.72. The van der Waals surface area contributed by atoms with Gasteiger partial charge in [0.05, 0.1) is 10.6 Å². The fraction of sp³-hybridized carbons (Fsp3) is 0.353. The van der Waals surface area contributed by atoms with Crippen molar-refractivity contribution in [1.82, 2.24) is 9.97 Å². The van der Waals surface area contributed by atoms with Crippen LogP contribution in [-0.4, -0.2) is 29.0 Å². The smallest absolute Gasteiger partial charge is 0.261 e. The molecule has 1 fully saturated rings. The van der Waals surface area contributed by atoms with Crippen molar-refractivity contribution in [2.75, 3.05) is 23.3 Å². The Kier molecular flexibility index (Phi) is 4.94. The molecule has 0 spiro atoms. The molecule has 1 saturated heterocycles. The molecule has 2 aromatic rings. The molecule has 5 nitrogen and oxygen atoms in total. The van der Waals surface area contributed by atoms with E-state index in [2.05, 4.69) is 27.1 Å². The highest BCUT2D eigenvalue weighted by Crippen LogP contribution is 2.23. The number of carbonyl (C=O) groups is 1. The van der Waals surface area contributed by atoms with E-state index >= 15 is 0 Å². The van der Waals surface area contributed by atoms with Crippen molar-refractivity contribution in [3.63, 3.8) is 0 Å². The van der Waals surface area contributed by atoms with Gasteiger partial charge in [-0.1, -0.05) is 24.6 Å². The maximum atomic E-state index is 13.8. The number of aromatic nitrogens is 2. The van der Waals surface area contributed by atoms with Crippen LogP contribution in [0.3, 0.4) is 0 Å². The minimum atomic E-state index is -0.667. The molecule has 24 heavy (non-hydrogen) atoms. The lowest BCUT2D eigenvalue weighted by Gasteiger charge is -2.31. The predicted molar refractivity (Wildman–Crippen MR) is 92.0 cm³/mol. The van der Waals surface area contributed by atoms with Crippen molar-refractivity contribution in [2.24, 2.45) is 5.92 Å². The number of carbonyl (C=O) groups excluding carboxylic acids is 1. The highest BCUT2D eigenvalue weighted by atomic mass is 35.5. The number of halogens is 2. The molecule has 1 aromatic heterocycles. The molecule has 3 rings (SSSR count). The number of amides is 1. The summed E-state index contributed by atoms with van der Waals surface area (Å²) in [6.07, 6.45) is 3.61. The normalized spacial score (nSPS) is 15.4. The van der Waals surface area contributed by atoms with E-state index < -0.39 is 11.7 Å². The number of hydrogen-bond donors (Lipinski definition) is 1. The monoisotopic (exact) mass is 348 g/mol. The largest absolute Gasteiger partial charge is 0.356 e. The van der Waals surface area contributed by atoms with E-state index in [0.29, 0.717) is 11.7 Å². The summed E-state index contributed by atoms with van der Waals surface area (Å²) in [6, 6.07) is 5.82. The molecular weight excluding hydrogens is 331 g/mol. The molecule has 126 valence electrons. The molecule has 0 radical (unpaired) electrons. The second-order valence-electron chi connectivity index (χ2n) is 5.98. The summed E-state index contributed by atoms with van der Waals surface area (Å²) in [5.74, 6) is 0.495. The first-order valence-corrected chi connectivity index (χ1v) is 8.24. The van der Waals surface area contributed by atoms with Crippen LogP contribution in [0.2, 0.25) is 5.02 Å². The van der Waals surface area contributed by atoms with Gasteiger partial charge in [0, 0.05) is 19.2 Å². The summed E-state index contributed by atoms with van der Waals surface area (Å²) >= 11 is 5.92. The number of anilines is 2. The Balaban J connectivity index is 1.76. The van der Waals surface area contributed by atoms with Crippen LogP contribution >= 0.6 is 11.6 Å². The molecule has 7 heteroatoms. The highest BCUT2D eigenvalue weighted by molar-refractivity contribution is 6.34. The van der Waals surface area contributed by atoms with Gasteiger partial charge in [0.2, 0.25) is 0 Å².